The van der Waals surface area contributed by atoms with Gasteiger partial charge in [0.15, 0.2) is 5.78 Å². The standard InChI is InChI=1S/C12H18N2O.CH4/c1-9(2)12(15)11(14(3)4)10-7-5-6-8-13-10;/h5-9,11H,1-4H3;1H4. The molecule has 0 fully saturated rings. The van der Waals surface area contributed by atoms with Crippen LogP contribution in [0.2, 0.25) is 0 Å². The molecule has 1 rings (SSSR count). The molecule has 0 bridgehead atoms. The molecule has 3 heteroatoms. The lowest BCUT2D eigenvalue weighted by molar-refractivity contribution is -0.126. The lowest BCUT2D eigenvalue weighted by Crippen LogP contribution is -2.31. The highest BCUT2D eigenvalue weighted by Crippen LogP contribution is 2.20. The molecule has 0 aliphatic carbocycles. The van der Waals surface area contributed by atoms with E-state index in [9.17, 15) is 4.79 Å². The molecule has 1 atom stereocenters. The van der Waals surface area contributed by atoms with Gasteiger partial charge in [0.1, 0.15) is 6.04 Å². The van der Waals surface area contributed by atoms with E-state index in [1.54, 1.807) is 6.20 Å². The Morgan fingerprint density at radius 2 is 1.94 bits per heavy atom. The first kappa shape index (κ1) is 14.8. The lowest BCUT2D eigenvalue weighted by Gasteiger charge is -2.23. The first-order valence-corrected chi connectivity index (χ1v) is 5.15. The molecule has 1 unspecified atom stereocenters. The Hall–Kier alpha value is -1.22. The highest BCUT2D eigenvalue weighted by molar-refractivity contribution is 5.86. The Labute approximate surface area is 98.5 Å². The van der Waals surface area contributed by atoms with E-state index in [1.165, 1.54) is 0 Å². The molecule has 16 heavy (non-hydrogen) atoms. The SMILES string of the molecule is C.CC(C)C(=O)C(c1ccccn1)N(C)C. The van der Waals surface area contributed by atoms with E-state index in [2.05, 4.69) is 4.98 Å². The predicted octanol–water partition coefficient (Wildman–Crippen LogP) is 2.55. The number of pyridine rings is 1. The van der Waals surface area contributed by atoms with Gasteiger partial charge < -0.3 is 0 Å². The number of hydrogen-bond donors (Lipinski definition) is 0. The Morgan fingerprint density at radius 3 is 2.31 bits per heavy atom. The number of Topliss-reactive ketones (excluding diaryl/α,β-unsaturated/α-hetero) is 1. The van der Waals surface area contributed by atoms with Gasteiger partial charge in [-0.1, -0.05) is 27.3 Å². The third kappa shape index (κ3) is 3.42. The van der Waals surface area contributed by atoms with E-state index in [-0.39, 0.29) is 25.2 Å². The third-order valence-electron chi connectivity index (χ3n) is 2.32. The predicted molar refractivity (Wildman–Crippen MR) is 67.2 cm³/mol. The van der Waals surface area contributed by atoms with Crippen LogP contribution >= 0.6 is 0 Å². The molecular formula is C13H22N2O. The van der Waals surface area contributed by atoms with Crippen LogP contribution < -0.4 is 0 Å². The molecule has 0 amide bonds. The molecule has 0 N–H and O–H groups in total. The maximum absolute atomic E-state index is 12.0. The average Bonchev–Trinajstić information content (AvgIpc) is 2.18. The summed E-state index contributed by atoms with van der Waals surface area (Å²) in [5.41, 5.74) is 0.821. The van der Waals surface area contributed by atoms with Gasteiger partial charge in [-0.05, 0) is 26.2 Å². The van der Waals surface area contributed by atoms with E-state index < -0.39 is 0 Å². The van der Waals surface area contributed by atoms with Gasteiger partial charge in [0, 0.05) is 12.1 Å². The monoisotopic (exact) mass is 222 g/mol. The molecule has 1 aromatic rings. The van der Waals surface area contributed by atoms with Crippen LogP contribution in [0.3, 0.4) is 0 Å². The highest BCUT2D eigenvalue weighted by Gasteiger charge is 2.25. The second-order valence-corrected chi connectivity index (χ2v) is 4.18. The van der Waals surface area contributed by atoms with Crippen LogP contribution in [-0.4, -0.2) is 29.8 Å². The molecular weight excluding hydrogens is 200 g/mol. The van der Waals surface area contributed by atoms with Crippen molar-refractivity contribution in [3.63, 3.8) is 0 Å². The molecule has 0 saturated heterocycles. The molecule has 3 nitrogen and oxygen atoms in total. The normalized spacial score (nSPS) is 12.4. The fourth-order valence-corrected chi connectivity index (χ4v) is 1.52. The summed E-state index contributed by atoms with van der Waals surface area (Å²) in [5.74, 6) is 0.234. The molecule has 0 aliphatic rings. The number of nitrogens with zero attached hydrogens (tertiary/aromatic N) is 2. The summed E-state index contributed by atoms with van der Waals surface area (Å²) in [6.07, 6.45) is 1.72. The van der Waals surface area contributed by atoms with Crippen molar-refractivity contribution >= 4 is 5.78 Å². The smallest absolute Gasteiger partial charge is 0.158 e. The van der Waals surface area contributed by atoms with Gasteiger partial charge in [-0.2, -0.15) is 0 Å². The fourth-order valence-electron chi connectivity index (χ4n) is 1.52. The summed E-state index contributed by atoms with van der Waals surface area (Å²) in [6, 6.07) is 5.43. The number of carbonyl (C=O) groups is 1. The van der Waals surface area contributed by atoms with E-state index in [0.717, 1.165) is 5.69 Å². The van der Waals surface area contributed by atoms with Crippen LogP contribution in [0.1, 0.15) is 33.0 Å². The lowest BCUT2D eigenvalue weighted by atomic mass is 9.98. The van der Waals surface area contributed by atoms with Crippen LogP contribution in [0.4, 0.5) is 0 Å². The van der Waals surface area contributed by atoms with Gasteiger partial charge in [-0.15, -0.1) is 0 Å². The average molecular weight is 222 g/mol. The van der Waals surface area contributed by atoms with E-state index >= 15 is 0 Å². The summed E-state index contributed by atoms with van der Waals surface area (Å²) >= 11 is 0. The maximum atomic E-state index is 12.0. The second kappa shape index (κ2) is 6.38. The van der Waals surface area contributed by atoms with Gasteiger partial charge in [-0.3, -0.25) is 14.7 Å². The third-order valence-corrected chi connectivity index (χ3v) is 2.32. The van der Waals surface area contributed by atoms with Crippen LogP contribution in [0.15, 0.2) is 24.4 Å². The van der Waals surface area contributed by atoms with E-state index in [1.807, 2.05) is 51.0 Å². The Morgan fingerprint density at radius 1 is 1.31 bits per heavy atom. The zero-order chi connectivity index (χ0) is 11.4. The van der Waals surface area contributed by atoms with Crippen LogP contribution in [0.25, 0.3) is 0 Å². The van der Waals surface area contributed by atoms with Gasteiger partial charge in [0.2, 0.25) is 0 Å². The number of aromatic nitrogens is 1. The number of carbonyl (C=O) groups excluding carboxylic acids is 1. The molecule has 0 spiro atoms. The Balaban J connectivity index is 0.00000225. The van der Waals surface area contributed by atoms with Gasteiger partial charge in [0.25, 0.3) is 0 Å². The molecule has 1 heterocycles. The first-order valence-electron chi connectivity index (χ1n) is 5.15. The first-order chi connectivity index (χ1) is 7.04. The zero-order valence-electron chi connectivity index (χ0n) is 9.77. The van der Waals surface area contributed by atoms with Crippen molar-refractivity contribution < 1.29 is 4.79 Å². The Kier molecular flexibility index (Phi) is 5.89. The summed E-state index contributed by atoms with van der Waals surface area (Å²) in [4.78, 5) is 18.2. The second-order valence-electron chi connectivity index (χ2n) is 4.18. The minimum atomic E-state index is -0.230. The molecule has 0 radical (unpaired) electrons. The van der Waals surface area contributed by atoms with Gasteiger partial charge in [-0.25, -0.2) is 0 Å². The summed E-state index contributed by atoms with van der Waals surface area (Å²) in [5, 5.41) is 0. The van der Waals surface area contributed by atoms with Crippen molar-refractivity contribution in [2.45, 2.75) is 27.3 Å². The number of hydrogen-bond acceptors (Lipinski definition) is 3. The Bertz CT molecular complexity index is 320. The maximum Gasteiger partial charge on any atom is 0.158 e. The van der Waals surface area contributed by atoms with Gasteiger partial charge in [0.05, 0.1) is 5.69 Å². The number of likely N-dealkylation sites (N-methyl/N-ethyl adjacent to an activating group) is 1. The molecule has 0 saturated carbocycles. The minimum Gasteiger partial charge on any atom is -0.297 e. The van der Waals surface area contributed by atoms with E-state index in [4.69, 9.17) is 0 Å². The summed E-state index contributed by atoms with van der Waals surface area (Å²) < 4.78 is 0. The van der Waals surface area contributed by atoms with Crippen molar-refractivity contribution in [3.8, 4) is 0 Å². The van der Waals surface area contributed by atoms with Crippen LogP contribution in [0, 0.1) is 5.92 Å². The quantitative estimate of drug-likeness (QED) is 0.785. The molecule has 0 aromatic carbocycles. The topological polar surface area (TPSA) is 33.2 Å². The van der Waals surface area contributed by atoms with Crippen LogP contribution in [0.5, 0.6) is 0 Å². The number of ketones is 1. The van der Waals surface area contributed by atoms with Crippen LogP contribution in [-0.2, 0) is 4.79 Å². The van der Waals surface area contributed by atoms with Crippen molar-refractivity contribution in [2.75, 3.05) is 14.1 Å². The number of rotatable bonds is 4. The highest BCUT2D eigenvalue weighted by atomic mass is 16.1. The summed E-state index contributed by atoms with van der Waals surface area (Å²) in [7, 11) is 3.80. The van der Waals surface area contributed by atoms with Crippen molar-refractivity contribution in [3.05, 3.63) is 30.1 Å². The van der Waals surface area contributed by atoms with Crippen molar-refractivity contribution in [2.24, 2.45) is 5.92 Å². The van der Waals surface area contributed by atoms with Crippen molar-refractivity contribution in [1.82, 2.24) is 9.88 Å². The van der Waals surface area contributed by atoms with Crippen molar-refractivity contribution in [1.29, 1.82) is 0 Å². The zero-order valence-corrected chi connectivity index (χ0v) is 9.77. The minimum absolute atomic E-state index is 0. The fraction of sp³-hybridized carbons (Fsp3) is 0.538. The largest absolute Gasteiger partial charge is 0.297 e. The molecule has 1 aromatic heterocycles. The summed E-state index contributed by atoms with van der Waals surface area (Å²) in [6.45, 7) is 3.84. The van der Waals surface area contributed by atoms with E-state index in [0.29, 0.717) is 0 Å². The van der Waals surface area contributed by atoms with Gasteiger partial charge >= 0.3 is 0 Å². The molecule has 0 aliphatic heterocycles. The molecule has 90 valence electrons.